The summed E-state index contributed by atoms with van der Waals surface area (Å²) in [5, 5.41) is 13.6. The van der Waals surface area contributed by atoms with Crippen LogP contribution in [0.15, 0.2) is 53.7 Å². The molecule has 3 rings (SSSR count). The normalized spacial score (nSPS) is 17.3. The number of hydrogen-bond donors (Lipinski definition) is 0. The number of carbonyl (C=O) groups excluding carboxylic acids is 1. The van der Waals surface area contributed by atoms with Crippen LogP contribution in [-0.4, -0.2) is 52.9 Å². The Hall–Kier alpha value is -3.13. The molecule has 29 heavy (non-hydrogen) atoms. The van der Waals surface area contributed by atoms with Crippen LogP contribution >= 0.6 is 0 Å². The van der Waals surface area contributed by atoms with Gasteiger partial charge in [-0.05, 0) is 48.2 Å². The highest BCUT2D eigenvalue weighted by atomic mass is 16.6. The van der Waals surface area contributed by atoms with Gasteiger partial charge in [-0.1, -0.05) is 24.3 Å². The smallest absolute Gasteiger partial charge is 0.269 e. The second-order valence-corrected chi connectivity index (χ2v) is 7.22. The Morgan fingerprint density at radius 3 is 2.17 bits per heavy atom. The van der Waals surface area contributed by atoms with E-state index in [2.05, 4.69) is 10.1 Å². The van der Waals surface area contributed by atoms with Gasteiger partial charge in [-0.15, -0.1) is 4.91 Å². The van der Waals surface area contributed by atoms with Crippen LogP contribution in [-0.2, 0) is 17.6 Å². The number of rotatable bonds is 8. The van der Waals surface area contributed by atoms with Gasteiger partial charge in [0.05, 0.1) is 11.0 Å². The highest BCUT2D eigenvalue weighted by molar-refractivity contribution is 5.82. The number of nitro groups is 1. The van der Waals surface area contributed by atoms with Crippen molar-refractivity contribution in [3.63, 3.8) is 0 Å². The second-order valence-electron chi connectivity index (χ2n) is 7.22. The Bertz CT molecular complexity index is 867. The number of non-ortho nitro benzene ring substituents is 1. The first-order valence-electron chi connectivity index (χ1n) is 9.66. The molecular weight excluding hydrogens is 372 g/mol. The van der Waals surface area contributed by atoms with Gasteiger partial charge >= 0.3 is 0 Å². The third-order valence-electron chi connectivity index (χ3n) is 5.42. The Labute approximate surface area is 169 Å². The SMILES string of the molecule is CC1C(=O)N(CCc2ccc([N+](=O)[O-])cc2)CCN1CCc1ccc(N=O)cc1. The zero-order chi connectivity index (χ0) is 20.8. The van der Waals surface area contributed by atoms with E-state index in [0.717, 1.165) is 30.6 Å². The lowest BCUT2D eigenvalue weighted by molar-refractivity contribution is -0.384. The van der Waals surface area contributed by atoms with E-state index in [-0.39, 0.29) is 17.6 Å². The predicted molar refractivity (Wildman–Crippen MR) is 110 cm³/mol. The maximum absolute atomic E-state index is 12.7. The van der Waals surface area contributed by atoms with E-state index < -0.39 is 4.92 Å². The van der Waals surface area contributed by atoms with Crippen molar-refractivity contribution in [2.24, 2.45) is 5.18 Å². The third kappa shape index (κ3) is 5.23. The average Bonchev–Trinajstić information content (AvgIpc) is 2.74. The lowest BCUT2D eigenvalue weighted by Gasteiger charge is -2.39. The van der Waals surface area contributed by atoms with Crippen LogP contribution in [0.1, 0.15) is 18.1 Å². The summed E-state index contributed by atoms with van der Waals surface area (Å²) in [4.78, 5) is 37.6. The van der Waals surface area contributed by atoms with Crippen LogP contribution in [0.5, 0.6) is 0 Å². The highest BCUT2D eigenvalue weighted by Gasteiger charge is 2.30. The summed E-state index contributed by atoms with van der Waals surface area (Å²) in [6, 6.07) is 13.5. The Morgan fingerprint density at radius 2 is 1.59 bits per heavy atom. The molecule has 0 saturated carbocycles. The molecule has 1 heterocycles. The molecule has 1 fully saturated rings. The number of nitro benzene ring substituents is 1. The number of amides is 1. The van der Waals surface area contributed by atoms with Crippen LogP contribution in [0.2, 0.25) is 0 Å². The molecule has 1 atom stereocenters. The fourth-order valence-electron chi connectivity index (χ4n) is 3.55. The number of piperazine rings is 1. The molecule has 2 aromatic carbocycles. The van der Waals surface area contributed by atoms with Gasteiger partial charge in [-0.3, -0.25) is 19.8 Å². The average molecular weight is 396 g/mol. The molecule has 8 heteroatoms. The number of benzene rings is 2. The van der Waals surface area contributed by atoms with Crippen molar-refractivity contribution < 1.29 is 9.72 Å². The van der Waals surface area contributed by atoms with Crippen molar-refractivity contribution in [2.75, 3.05) is 26.2 Å². The summed E-state index contributed by atoms with van der Waals surface area (Å²) < 4.78 is 0. The molecule has 0 spiro atoms. The molecule has 0 N–H and O–H groups in total. The van der Waals surface area contributed by atoms with Gasteiger partial charge in [0.1, 0.15) is 5.69 Å². The molecule has 1 unspecified atom stereocenters. The summed E-state index contributed by atoms with van der Waals surface area (Å²) in [5.74, 6) is 0.110. The van der Waals surface area contributed by atoms with Crippen LogP contribution < -0.4 is 0 Å². The Kier molecular flexibility index (Phi) is 6.66. The highest BCUT2D eigenvalue weighted by Crippen LogP contribution is 2.17. The largest absolute Gasteiger partial charge is 0.340 e. The fraction of sp³-hybridized carbons (Fsp3) is 0.381. The van der Waals surface area contributed by atoms with Gasteiger partial charge in [-0.2, -0.15) is 0 Å². The van der Waals surface area contributed by atoms with E-state index in [1.807, 2.05) is 24.0 Å². The van der Waals surface area contributed by atoms with E-state index in [1.54, 1.807) is 24.3 Å². The molecule has 8 nitrogen and oxygen atoms in total. The molecule has 1 aliphatic heterocycles. The molecule has 0 aliphatic carbocycles. The number of nitrogens with zero attached hydrogens (tertiary/aromatic N) is 4. The van der Waals surface area contributed by atoms with Gasteiger partial charge in [0.15, 0.2) is 0 Å². The molecule has 152 valence electrons. The van der Waals surface area contributed by atoms with Crippen LogP contribution in [0.3, 0.4) is 0 Å². The van der Waals surface area contributed by atoms with Crippen LogP contribution in [0.25, 0.3) is 0 Å². The van der Waals surface area contributed by atoms with Gasteiger partial charge < -0.3 is 4.90 Å². The van der Waals surface area contributed by atoms with Crippen LogP contribution in [0, 0.1) is 15.0 Å². The zero-order valence-corrected chi connectivity index (χ0v) is 16.4. The van der Waals surface area contributed by atoms with Crippen molar-refractivity contribution >= 4 is 17.3 Å². The summed E-state index contributed by atoms with van der Waals surface area (Å²) in [7, 11) is 0. The van der Waals surface area contributed by atoms with E-state index >= 15 is 0 Å². The first kappa shape index (κ1) is 20.6. The van der Waals surface area contributed by atoms with Crippen molar-refractivity contribution in [2.45, 2.75) is 25.8 Å². The van der Waals surface area contributed by atoms with Gasteiger partial charge in [-0.25, -0.2) is 0 Å². The predicted octanol–water partition coefficient (Wildman–Crippen LogP) is 3.31. The Morgan fingerprint density at radius 1 is 1.00 bits per heavy atom. The van der Waals surface area contributed by atoms with Crippen molar-refractivity contribution in [1.82, 2.24) is 9.80 Å². The van der Waals surface area contributed by atoms with E-state index in [0.29, 0.717) is 25.2 Å². The molecule has 1 amide bonds. The third-order valence-corrected chi connectivity index (χ3v) is 5.42. The zero-order valence-electron chi connectivity index (χ0n) is 16.4. The minimum atomic E-state index is -0.415. The fourth-order valence-corrected chi connectivity index (χ4v) is 3.55. The van der Waals surface area contributed by atoms with Crippen molar-refractivity contribution in [1.29, 1.82) is 0 Å². The summed E-state index contributed by atoms with van der Waals surface area (Å²) in [6.45, 7) is 4.79. The minimum absolute atomic E-state index is 0.0733. The van der Waals surface area contributed by atoms with Crippen molar-refractivity contribution in [3.05, 3.63) is 74.7 Å². The van der Waals surface area contributed by atoms with E-state index in [9.17, 15) is 19.8 Å². The number of hydrogen-bond acceptors (Lipinski definition) is 6. The molecule has 0 aromatic heterocycles. The lowest BCUT2D eigenvalue weighted by Crippen LogP contribution is -2.56. The molecule has 0 radical (unpaired) electrons. The molecular formula is C21H24N4O4. The lowest BCUT2D eigenvalue weighted by atomic mass is 10.1. The maximum atomic E-state index is 12.7. The second kappa shape index (κ2) is 9.38. The monoisotopic (exact) mass is 396 g/mol. The molecule has 1 aliphatic rings. The summed E-state index contributed by atoms with van der Waals surface area (Å²) in [5.41, 5.74) is 2.58. The van der Waals surface area contributed by atoms with Gasteiger partial charge in [0.25, 0.3) is 5.69 Å². The summed E-state index contributed by atoms with van der Waals surface area (Å²) in [6.07, 6.45) is 1.48. The maximum Gasteiger partial charge on any atom is 0.269 e. The van der Waals surface area contributed by atoms with E-state index in [4.69, 9.17) is 0 Å². The number of carbonyl (C=O) groups is 1. The van der Waals surface area contributed by atoms with Crippen molar-refractivity contribution in [3.8, 4) is 0 Å². The molecule has 1 saturated heterocycles. The standard InChI is InChI=1S/C21H24N4O4/c1-16-21(26)24(13-11-18-4-8-20(9-5-18)25(28)29)15-14-23(16)12-10-17-2-6-19(22-27)7-3-17/h2-9,16H,10-15H2,1H3. The number of nitroso groups, excluding NO2 is 1. The first-order valence-corrected chi connectivity index (χ1v) is 9.66. The van der Waals surface area contributed by atoms with Gasteiger partial charge in [0.2, 0.25) is 5.91 Å². The topological polar surface area (TPSA) is 96.1 Å². The molecule has 0 bridgehead atoms. The van der Waals surface area contributed by atoms with Crippen LogP contribution in [0.4, 0.5) is 11.4 Å². The Balaban J connectivity index is 1.49. The minimum Gasteiger partial charge on any atom is -0.340 e. The summed E-state index contributed by atoms with van der Waals surface area (Å²) >= 11 is 0. The first-order chi connectivity index (χ1) is 14.0. The molecule has 2 aromatic rings. The quantitative estimate of drug-likeness (QED) is 0.387. The van der Waals surface area contributed by atoms with E-state index in [1.165, 1.54) is 12.1 Å². The van der Waals surface area contributed by atoms with Gasteiger partial charge in [0, 0.05) is 38.3 Å².